The molecule has 5 rings (SSSR count). The van der Waals surface area contributed by atoms with Crippen molar-refractivity contribution in [1.29, 1.82) is 0 Å². The highest BCUT2D eigenvalue weighted by molar-refractivity contribution is 6.04. The maximum absolute atomic E-state index is 12.8. The summed E-state index contributed by atoms with van der Waals surface area (Å²) in [4.78, 5) is 19.3. The summed E-state index contributed by atoms with van der Waals surface area (Å²) in [5, 5.41) is 15.6. The maximum Gasteiger partial charge on any atom is 0.287 e. The number of likely N-dealkylation sites (tertiary alicyclic amines) is 1. The number of aryl methyl sites for hydroxylation is 1. The minimum absolute atomic E-state index is 0.207. The average Bonchev–Trinajstić information content (AvgIpc) is 3.58. The van der Waals surface area contributed by atoms with Crippen LogP contribution in [-0.2, 0) is 6.42 Å². The van der Waals surface area contributed by atoms with Gasteiger partial charge in [-0.3, -0.25) is 9.78 Å². The Morgan fingerprint density at radius 3 is 2.66 bits per heavy atom. The standard InChI is InChI=1S/C25H26N4O3/c30-25(27-11-14-29-12-1-2-13-29)23-16-21(17-7-9-26-10-8-17)24(32-23)19-3-5-20-18(15-19)4-6-22(20)28-31/h3,5,7-10,15-16,31H,1-2,4,6,11-14H2,(H,27,30). The van der Waals surface area contributed by atoms with Crippen LogP contribution in [0.5, 0.6) is 0 Å². The molecule has 1 saturated heterocycles. The normalized spacial score (nSPS) is 17.1. The molecule has 2 N–H and O–H groups in total. The van der Waals surface area contributed by atoms with Crippen LogP contribution in [-0.4, -0.2) is 52.9 Å². The van der Waals surface area contributed by atoms with E-state index in [1.165, 1.54) is 12.8 Å². The summed E-state index contributed by atoms with van der Waals surface area (Å²) in [6.07, 6.45) is 7.46. The molecule has 0 atom stereocenters. The van der Waals surface area contributed by atoms with Crippen LogP contribution in [0.1, 0.15) is 40.9 Å². The molecule has 0 spiro atoms. The van der Waals surface area contributed by atoms with Crippen molar-refractivity contribution in [3.63, 3.8) is 0 Å². The lowest BCUT2D eigenvalue weighted by molar-refractivity contribution is 0.0923. The Labute approximate surface area is 186 Å². The van der Waals surface area contributed by atoms with Crippen molar-refractivity contribution in [3.05, 3.63) is 65.7 Å². The van der Waals surface area contributed by atoms with Crippen molar-refractivity contribution in [2.75, 3.05) is 26.2 Å². The molecule has 3 heterocycles. The van der Waals surface area contributed by atoms with Gasteiger partial charge in [0, 0.05) is 42.2 Å². The fraction of sp³-hybridized carbons (Fsp3) is 0.320. The van der Waals surface area contributed by atoms with E-state index in [2.05, 4.69) is 26.4 Å². The molecular formula is C25H26N4O3. The molecule has 3 aromatic rings. The van der Waals surface area contributed by atoms with Gasteiger partial charge in [-0.15, -0.1) is 0 Å². The van der Waals surface area contributed by atoms with Crippen molar-refractivity contribution < 1.29 is 14.4 Å². The molecule has 0 saturated carbocycles. The minimum atomic E-state index is -0.207. The Morgan fingerprint density at radius 1 is 1.06 bits per heavy atom. The average molecular weight is 431 g/mol. The predicted octanol–water partition coefficient (Wildman–Crippen LogP) is 3.96. The molecule has 7 nitrogen and oxygen atoms in total. The predicted molar refractivity (Wildman–Crippen MR) is 122 cm³/mol. The highest BCUT2D eigenvalue weighted by Crippen LogP contribution is 2.37. The SMILES string of the molecule is O=C(NCCN1CCCC1)c1cc(-c2ccncc2)c(-c2ccc3c(c2)CCC3=NO)o1. The molecule has 2 aromatic heterocycles. The summed E-state index contributed by atoms with van der Waals surface area (Å²) in [7, 11) is 0. The zero-order valence-electron chi connectivity index (χ0n) is 17.9. The van der Waals surface area contributed by atoms with E-state index in [9.17, 15) is 10.0 Å². The van der Waals surface area contributed by atoms with Crippen molar-refractivity contribution >= 4 is 11.6 Å². The maximum atomic E-state index is 12.8. The van der Waals surface area contributed by atoms with Crippen LogP contribution in [0.4, 0.5) is 0 Å². The fourth-order valence-corrected chi connectivity index (χ4v) is 4.60. The Balaban J connectivity index is 1.44. The first-order valence-electron chi connectivity index (χ1n) is 11.1. The summed E-state index contributed by atoms with van der Waals surface area (Å²) < 4.78 is 6.13. The lowest BCUT2D eigenvalue weighted by Crippen LogP contribution is -2.33. The Morgan fingerprint density at radius 2 is 1.88 bits per heavy atom. The number of rotatable bonds is 6. The van der Waals surface area contributed by atoms with Gasteiger partial charge in [-0.05, 0) is 74.2 Å². The summed E-state index contributed by atoms with van der Waals surface area (Å²) in [5.41, 5.74) is 5.47. The van der Waals surface area contributed by atoms with Crippen molar-refractivity contribution in [2.45, 2.75) is 25.7 Å². The molecule has 164 valence electrons. The Hall–Kier alpha value is -3.45. The number of aromatic nitrogens is 1. The number of nitrogens with one attached hydrogen (secondary N) is 1. The van der Waals surface area contributed by atoms with Gasteiger partial charge in [-0.2, -0.15) is 0 Å². The number of hydrogen-bond donors (Lipinski definition) is 2. The number of amides is 1. The molecule has 1 aliphatic carbocycles. The third kappa shape index (κ3) is 4.03. The van der Waals surface area contributed by atoms with Crippen LogP contribution < -0.4 is 5.32 Å². The van der Waals surface area contributed by atoms with Crippen LogP contribution in [0.2, 0.25) is 0 Å². The highest BCUT2D eigenvalue weighted by Gasteiger charge is 2.23. The molecule has 32 heavy (non-hydrogen) atoms. The Bertz CT molecular complexity index is 1150. The molecule has 1 amide bonds. The van der Waals surface area contributed by atoms with Crippen LogP contribution in [0, 0.1) is 0 Å². The van der Waals surface area contributed by atoms with Crippen LogP contribution >= 0.6 is 0 Å². The molecule has 0 radical (unpaired) electrons. The van der Waals surface area contributed by atoms with Gasteiger partial charge >= 0.3 is 0 Å². The van der Waals surface area contributed by atoms with Gasteiger partial charge in [0.1, 0.15) is 5.76 Å². The lowest BCUT2D eigenvalue weighted by Gasteiger charge is -2.14. The second-order valence-corrected chi connectivity index (χ2v) is 8.31. The topological polar surface area (TPSA) is 91.0 Å². The van der Waals surface area contributed by atoms with E-state index in [1.54, 1.807) is 12.4 Å². The summed E-state index contributed by atoms with van der Waals surface area (Å²) >= 11 is 0. The molecule has 1 aliphatic heterocycles. The van der Waals surface area contributed by atoms with Gasteiger partial charge in [-0.1, -0.05) is 17.3 Å². The van der Waals surface area contributed by atoms with E-state index >= 15 is 0 Å². The van der Waals surface area contributed by atoms with E-state index in [0.29, 0.717) is 23.8 Å². The largest absolute Gasteiger partial charge is 0.450 e. The Kier molecular flexibility index (Phi) is 5.73. The lowest BCUT2D eigenvalue weighted by atomic mass is 9.99. The molecule has 0 unspecified atom stereocenters. The van der Waals surface area contributed by atoms with Gasteiger partial charge in [0.15, 0.2) is 5.76 Å². The molecule has 1 fully saturated rings. The smallest absolute Gasteiger partial charge is 0.287 e. The van der Waals surface area contributed by atoms with Gasteiger partial charge in [-0.25, -0.2) is 0 Å². The van der Waals surface area contributed by atoms with E-state index in [-0.39, 0.29) is 5.91 Å². The van der Waals surface area contributed by atoms with Crippen LogP contribution in [0.15, 0.2) is 58.4 Å². The number of fused-ring (bicyclic) bond motifs is 1. The monoisotopic (exact) mass is 430 g/mol. The molecule has 1 aromatic carbocycles. The molecule has 7 heteroatoms. The third-order valence-electron chi connectivity index (χ3n) is 6.29. The van der Waals surface area contributed by atoms with E-state index in [4.69, 9.17) is 4.42 Å². The second-order valence-electron chi connectivity index (χ2n) is 8.31. The summed E-state index contributed by atoms with van der Waals surface area (Å²) in [6.45, 7) is 3.67. The van der Waals surface area contributed by atoms with Gasteiger partial charge < -0.3 is 19.8 Å². The molecule has 0 bridgehead atoms. The molecule has 2 aliphatic rings. The zero-order chi connectivity index (χ0) is 21.9. The number of oxime groups is 1. The first kappa shape index (κ1) is 20.5. The van der Waals surface area contributed by atoms with Crippen molar-refractivity contribution in [1.82, 2.24) is 15.2 Å². The van der Waals surface area contributed by atoms with Gasteiger partial charge in [0.05, 0.1) is 5.71 Å². The summed E-state index contributed by atoms with van der Waals surface area (Å²) in [6, 6.07) is 11.6. The quantitative estimate of drug-likeness (QED) is 0.456. The highest BCUT2D eigenvalue weighted by atomic mass is 16.4. The number of nitrogens with zero attached hydrogens (tertiary/aromatic N) is 3. The minimum Gasteiger partial charge on any atom is -0.450 e. The first-order valence-corrected chi connectivity index (χ1v) is 11.1. The van der Waals surface area contributed by atoms with E-state index in [0.717, 1.165) is 60.3 Å². The van der Waals surface area contributed by atoms with Crippen molar-refractivity contribution in [2.24, 2.45) is 5.16 Å². The second kappa shape index (κ2) is 8.96. The van der Waals surface area contributed by atoms with Gasteiger partial charge in [0.2, 0.25) is 0 Å². The van der Waals surface area contributed by atoms with Crippen molar-refractivity contribution in [3.8, 4) is 22.5 Å². The number of pyridine rings is 1. The number of carbonyl (C=O) groups excluding carboxylic acids is 1. The first-order chi connectivity index (χ1) is 15.7. The number of furan rings is 1. The summed E-state index contributed by atoms with van der Waals surface area (Å²) in [5.74, 6) is 0.742. The number of carbonyl (C=O) groups is 1. The van der Waals surface area contributed by atoms with Gasteiger partial charge in [0.25, 0.3) is 5.91 Å². The zero-order valence-corrected chi connectivity index (χ0v) is 17.9. The van der Waals surface area contributed by atoms with Crippen LogP contribution in [0.25, 0.3) is 22.5 Å². The molecular weight excluding hydrogens is 404 g/mol. The number of hydrogen-bond acceptors (Lipinski definition) is 6. The van der Waals surface area contributed by atoms with E-state index < -0.39 is 0 Å². The fourth-order valence-electron chi connectivity index (χ4n) is 4.60. The van der Waals surface area contributed by atoms with Crippen LogP contribution in [0.3, 0.4) is 0 Å². The third-order valence-corrected chi connectivity index (χ3v) is 6.29. The van der Waals surface area contributed by atoms with E-state index in [1.807, 2.05) is 30.3 Å². The number of benzene rings is 1.